The molecule has 0 saturated carbocycles. The van der Waals surface area contributed by atoms with Crippen LogP contribution >= 0.6 is 0 Å². The van der Waals surface area contributed by atoms with Crippen LogP contribution in [0.1, 0.15) is 48.8 Å². The molecule has 146 valence electrons. The predicted octanol–water partition coefficient (Wildman–Crippen LogP) is 3.26. The number of benzene rings is 1. The van der Waals surface area contributed by atoms with Crippen molar-refractivity contribution in [3.05, 3.63) is 52.8 Å². The molecule has 1 fully saturated rings. The first-order valence-electron chi connectivity index (χ1n) is 9.99. The normalized spacial score (nSPS) is 18.6. The standard InChI is InChI=1S/C22H32N4O/c1-6-26(22(27)14-21-16(2)23-24(5)18(21)4)20-12-13-25(15-20)17(3)19-10-8-7-9-11-19/h7-11,17,20H,6,12-15H2,1-5H3/t17-,20+/m1/s1. The molecular weight excluding hydrogens is 336 g/mol. The first-order chi connectivity index (χ1) is 12.9. The van der Waals surface area contributed by atoms with Crippen molar-refractivity contribution >= 4 is 5.91 Å². The predicted molar refractivity (Wildman–Crippen MR) is 109 cm³/mol. The minimum atomic E-state index is 0.218. The molecule has 3 rings (SSSR count). The molecule has 1 aliphatic rings. The topological polar surface area (TPSA) is 41.4 Å². The van der Waals surface area contributed by atoms with E-state index in [4.69, 9.17) is 0 Å². The maximum Gasteiger partial charge on any atom is 0.227 e. The van der Waals surface area contributed by atoms with Crippen molar-refractivity contribution in [3.8, 4) is 0 Å². The molecule has 1 aliphatic heterocycles. The zero-order valence-corrected chi connectivity index (χ0v) is 17.3. The van der Waals surface area contributed by atoms with Gasteiger partial charge in [-0.3, -0.25) is 14.4 Å². The summed E-state index contributed by atoms with van der Waals surface area (Å²) in [7, 11) is 1.94. The van der Waals surface area contributed by atoms with Crippen molar-refractivity contribution in [2.45, 2.75) is 52.6 Å². The second kappa shape index (κ2) is 8.26. The van der Waals surface area contributed by atoms with Crippen LogP contribution in [0.4, 0.5) is 0 Å². The first-order valence-corrected chi connectivity index (χ1v) is 9.99. The van der Waals surface area contributed by atoms with Crippen molar-refractivity contribution in [3.63, 3.8) is 0 Å². The number of hydrogen-bond acceptors (Lipinski definition) is 3. The van der Waals surface area contributed by atoms with Crippen LogP contribution in [0, 0.1) is 13.8 Å². The number of hydrogen-bond donors (Lipinski definition) is 0. The van der Waals surface area contributed by atoms with Crippen LogP contribution in [0.5, 0.6) is 0 Å². The van der Waals surface area contributed by atoms with Gasteiger partial charge in [-0.15, -0.1) is 0 Å². The Morgan fingerprint density at radius 1 is 1.30 bits per heavy atom. The van der Waals surface area contributed by atoms with Crippen LogP contribution in [0.2, 0.25) is 0 Å². The molecule has 1 aromatic heterocycles. The molecule has 0 radical (unpaired) electrons. The number of nitrogens with zero attached hydrogens (tertiary/aromatic N) is 4. The Balaban J connectivity index is 1.66. The molecule has 1 amide bonds. The lowest BCUT2D eigenvalue weighted by Gasteiger charge is -2.30. The fourth-order valence-corrected chi connectivity index (χ4v) is 4.28. The molecule has 0 aliphatic carbocycles. The molecule has 1 aromatic carbocycles. The van der Waals surface area contributed by atoms with E-state index in [0.29, 0.717) is 18.5 Å². The van der Waals surface area contributed by atoms with E-state index >= 15 is 0 Å². The first kappa shape index (κ1) is 19.6. The van der Waals surface area contributed by atoms with Crippen LogP contribution in [-0.4, -0.2) is 51.2 Å². The van der Waals surface area contributed by atoms with Crippen molar-refractivity contribution in [2.75, 3.05) is 19.6 Å². The molecule has 0 spiro atoms. The van der Waals surface area contributed by atoms with Crippen molar-refractivity contribution < 1.29 is 4.79 Å². The van der Waals surface area contributed by atoms with E-state index in [1.54, 1.807) is 0 Å². The van der Waals surface area contributed by atoms with E-state index in [-0.39, 0.29) is 5.91 Å². The number of likely N-dealkylation sites (N-methyl/N-ethyl adjacent to an activating group) is 1. The van der Waals surface area contributed by atoms with E-state index in [1.165, 1.54) is 5.56 Å². The van der Waals surface area contributed by atoms with Gasteiger partial charge in [0.1, 0.15) is 0 Å². The lowest BCUT2D eigenvalue weighted by atomic mass is 10.1. The molecule has 0 N–H and O–H groups in total. The zero-order valence-electron chi connectivity index (χ0n) is 17.3. The summed E-state index contributed by atoms with van der Waals surface area (Å²) < 4.78 is 1.87. The fourth-order valence-electron chi connectivity index (χ4n) is 4.28. The number of amides is 1. The van der Waals surface area contributed by atoms with Crippen molar-refractivity contribution in [2.24, 2.45) is 7.05 Å². The highest BCUT2D eigenvalue weighted by Crippen LogP contribution is 2.27. The smallest absolute Gasteiger partial charge is 0.227 e. The summed E-state index contributed by atoms with van der Waals surface area (Å²) in [4.78, 5) is 17.6. The van der Waals surface area contributed by atoms with Gasteiger partial charge in [0.15, 0.2) is 0 Å². The maximum absolute atomic E-state index is 13.1. The number of likely N-dealkylation sites (tertiary alicyclic amines) is 1. The van der Waals surface area contributed by atoms with Gasteiger partial charge >= 0.3 is 0 Å². The largest absolute Gasteiger partial charge is 0.338 e. The second-order valence-electron chi connectivity index (χ2n) is 7.65. The Hall–Kier alpha value is -2.14. The van der Waals surface area contributed by atoms with Gasteiger partial charge in [0.25, 0.3) is 0 Å². The monoisotopic (exact) mass is 368 g/mol. The lowest BCUT2D eigenvalue weighted by Crippen LogP contribution is -2.43. The summed E-state index contributed by atoms with van der Waals surface area (Å²) >= 11 is 0. The van der Waals surface area contributed by atoms with E-state index in [2.05, 4.69) is 59.1 Å². The zero-order chi connectivity index (χ0) is 19.6. The molecule has 27 heavy (non-hydrogen) atoms. The summed E-state index contributed by atoms with van der Waals surface area (Å²) in [6.45, 7) is 11.1. The molecule has 5 nitrogen and oxygen atoms in total. The molecule has 1 saturated heterocycles. The van der Waals surface area contributed by atoms with E-state index < -0.39 is 0 Å². The van der Waals surface area contributed by atoms with Gasteiger partial charge in [0.05, 0.1) is 12.1 Å². The summed E-state index contributed by atoms with van der Waals surface area (Å²) in [6, 6.07) is 11.3. The number of carbonyl (C=O) groups excluding carboxylic acids is 1. The van der Waals surface area contributed by atoms with E-state index in [9.17, 15) is 4.79 Å². The highest BCUT2D eigenvalue weighted by atomic mass is 16.2. The summed E-state index contributed by atoms with van der Waals surface area (Å²) in [6.07, 6.45) is 1.49. The Morgan fingerprint density at radius 3 is 2.59 bits per heavy atom. The van der Waals surface area contributed by atoms with Gasteiger partial charge in [-0.25, -0.2) is 0 Å². The lowest BCUT2D eigenvalue weighted by molar-refractivity contribution is -0.132. The van der Waals surface area contributed by atoms with Crippen molar-refractivity contribution in [1.82, 2.24) is 19.6 Å². The Kier molecular flexibility index (Phi) is 6.00. The molecule has 2 heterocycles. The molecule has 5 heteroatoms. The van der Waals surface area contributed by atoms with Crippen LogP contribution in [0.15, 0.2) is 30.3 Å². The van der Waals surface area contributed by atoms with E-state index in [0.717, 1.165) is 43.0 Å². The number of aromatic nitrogens is 2. The number of aryl methyl sites for hydroxylation is 2. The molecule has 2 atom stereocenters. The third-order valence-corrected chi connectivity index (χ3v) is 6.11. The van der Waals surface area contributed by atoms with Crippen LogP contribution in [0.3, 0.4) is 0 Å². The summed E-state index contributed by atoms with van der Waals surface area (Å²) in [5.41, 5.74) is 4.47. The Morgan fingerprint density at radius 2 is 2.00 bits per heavy atom. The third kappa shape index (κ3) is 4.08. The highest BCUT2D eigenvalue weighted by molar-refractivity contribution is 5.79. The number of carbonyl (C=O) groups is 1. The highest BCUT2D eigenvalue weighted by Gasteiger charge is 2.32. The summed E-state index contributed by atoms with van der Waals surface area (Å²) in [5, 5.41) is 4.45. The van der Waals surface area contributed by atoms with Gasteiger partial charge in [0.2, 0.25) is 5.91 Å². The van der Waals surface area contributed by atoms with Crippen molar-refractivity contribution in [1.29, 1.82) is 0 Å². The maximum atomic E-state index is 13.1. The Labute approximate surface area is 163 Å². The summed E-state index contributed by atoms with van der Waals surface area (Å²) in [5.74, 6) is 0.218. The van der Waals surface area contributed by atoms with Gasteiger partial charge in [-0.05, 0) is 39.7 Å². The molecule has 2 aromatic rings. The number of rotatable bonds is 6. The average Bonchev–Trinajstić information content (AvgIpc) is 3.23. The van der Waals surface area contributed by atoms with E-state index in [1.807, 2.05) is 25.6 Å². The van der Waals surface area contributed by atoms with Gasteiger partial charge in [0, 0.05) is 50.0 Å². The fraction of sp³-hybridized carbons (Fsp3) is 0.545. The van der Waals surface area contributed by atoms with Gasteiger partial charge in [-0.1, -0.05) is 30.3 Å². The Bertz CT molecular complexity index is 783. The van der Waals surface area contributed by atoms with Crippen LogP contribution < -0.4 is 0 Å². The molecule has 0 unspecified atom stereocenters. The van der Waals surface area contributed by atoms with Gasteiger partial charge < -0.3 is 4.90 Å². The minimum absolute atomic E-state index is 0.218. The minimum Gasteiger partial charge on any atom is -0.338 e. The quantitative estimate of drug-likeness (QED) is 0.786. The third-order valence-electron chi connectivity index (χ3n) is 6.11. The molecular formula is C22H32N4O. The second-order valence-corrected chi connectivity index (χ2v) is 7.65. The SMILES string of the molecule is CCN(C(=O)Cc1c(C)nn(C)c1C)[C@H]1CCN([C@H](C)c2ccccc2)C1. The van der Waals surface area contributed by atoms with Crippen LogP contribution in [0.25, 0.3) is 0 Å². The van der Waals surface area contributed by atoms with Gasteiger partial charge in [-0.2, -0.15) is 5.10 Å². The molecule has 0 bridgehead atoms. The van der Waals surface area contributed by atoms with Crippen LogP contribution in [-0.2, 0) is 18.3 Å². The average molecular weight is 369 g/mol.